The van der Waals surface area contributed by atoms with Crippen LogP contribution in [0.4, 0.5) is 0 Å². The van der Waals surface area contributed by atoms with Crippen molar-refractivity contribution < 1.29 is 4.74 Å². The number of hydrogen-bond donors (Lipinski definition) is 1. The van der Waals surface area contributed by atoms with Crippen molar-refractivity contribution in [3.05, 3.63) is 0 Å². The smallest absolute Gasteiger partial charge is 0.0480 e. The number of hydrogen-bond acceptors (Lipinski definition) is 4. The molecule has 1 unspecified atom stereocenters. The first-order chi connectivity index (χ1) is 7.86. The largest absolute Gasteiger partial charge is 0.381 e. The molecular formula is C12H24N2OS. The minimum absolute atomic E-state index is 0.695. The fourth-order valence-electron chi connectivity index (χ4n) is 2.40. The number of thioether (sulfide) groups is 1. The van der Waals surface area contributed by atoms with Crippen LogP contribution >= 0.6 is 11.8 Å². The predicted molar refractivity (Wildman–Crippen MR) is 70.2 cm³/mol. The first-order valence-corrected chi connectivity index (χ1v) is 7.61. The number of nitrogens with zero attached hydrogens (tertiary/aromatic N) is 1. The van der Waals surface area contributed by atoms with Crippen LogP contribution in [0, 0.1) is 0 Å². The summed E-state index contributed by atoms with van der Waals surface area (Å²) in [6, 6.07) is 1.52. The summed E-state index contributed by atoms with van der Waals surface area (Å²) < 4.78 is 5.36. The summed E-state index contributed by atoms with van der Waals surface area (Å²) in [6.45, 7) is 4.18. The Morgan fingerprint density at radius 2 is 2.12 bits per heavy atom. The normalized spacial score (nSPS) is 27.8. The van der Waals surface area contributed by atoms with E-state index in [-0.39, 0.29) is 0 Å². The Labute approximate surface area is 103 Å². The van der Waals surface area contributed by atoms with Gasteiger partial charge in [-0.25, -0.2) is 0 Å². The first kappa shape index (κ1) is 12.7. The zero-order chi connectivity index (χ0) is 11.2. The third-order valence-electron chi connectivity index (χ3n) is 3.65. The monoisotopic (exact) mass is 244 g/mol. The maximum absolute atomic E-state index is 5.36. The lowest BCUT2D eigenvalue weighted by atomic mass is 10.1. The van der Waals surface area contributed by atoms with Crippen molar-refractivity contribution in [3.8, 4) is 0 Å². The maximum atomic E-state index is 5.36. The Hall–Kier alpha value is 0.230. The van der Waals surface area contributed by atoms with Crippen molar-refractivity contribution in [2.24, 2.45) is 0 Å². The number of likely N-dealkylation sites (N-methyl/N-ethyl adjacent to an activating group) is 1. The lowest BCUT2D eigenvalue weighted by Gasteiger charge is -2.27. The van der Waals surface area contributed by atoms with Crippen LogP contribution in [0.1, 0.15) is 19.3 Å². The summed E-state index contributed by atoms with van der Waals surface area (Å²) in [6.07, 6.45) is 3.74. The van der Waals surface area contributed by atoms with Crippen LogP contribution in [-0.2, 0) is 4.74 Å². The highest BCUT2D eigenvalue weighted by atomic mass is 32.2. The fourth-order valence-corrected chi connectivity index (χ4v) is 3.70. The van der Waals surface area contributed by atoms with E-state index in [0.29, 0.717) is 6.04 Å². The molecule has 4 heteroatoms. The highest BCUT2D eigenvalue weighted by Crippen LogP contribution is 2.20. The molecule has 2 aliphatic heterocycles. The summed E-state index contributed by atoms with van der Waals surface area (Å²) in [5.41, 5.74) is 0. The molecule has 0 spiro atoms. The van der Waals surface area contributed by atoms with E-state index in [1.807, 2.05) is 0 Å². The van der Waals surface area contributed by atoms with E-state index in [2.05, 4.69) is 29.0 Å². The predicted octanol–water partition coefficient (Wildman–Crippen LogP) is 1.19. The fraction of sp³-hybridized carbons (Fsp3) is 1.00. The van der Waals surface area contributed by atoms with E-state index in [1.165, 1.54) is 37.3 Å². The SMILES string of the molecule is CN(CCNC1CCOCC1)C1CCSC1. The zero-order valence-corrected chi connectivity index (χ0v) is 11.1. The second kappa shape index (κ2) is 6.84. The van der Waals surface area contributed by atoms with Gasteiger partial charge >= 0.3 is 0 Å². The molecule has 94 valence electrons. The first-order valence-electron chi connectivity index (χ1n) is 6.45. The van der Waals surface area contributed by atoms with E-state index in [1.54, 1.807) is 0 Å². The van der Waals surface area contributed by atoms with E-state index in [4.69, 9.17) is 4.74 Å². The van der Waals surface area contributed by atoms with Crippen molar-refractivity contribution in [2.45, 2.75) is 31.3 Å². The lowest BCUT2D eigenvalue weighted by Crippen LogP contribution is -2.41. The highest BCUT2D eigenvalue weighted by molar-refractivity contribution is 7.99. The third-order valence-corrected chi connectivity index (χ3v) is 4.79. The summed E-state index contributed by atoms with van der Waals surface area (Å²) in [7, 11) is 2.27. The molecule has 0 saturated carbocycles. The van der Waals surface area contributed by atoms with Crippen molar-refractivity contribution in [2.75, 3.05) is 44.9 Å². The van der Waals surface area contributed by atoms with Crippen molar-refractivity contribution >= 4 is 11.8 Å². The molecule has 1 N–H and O–H groups in total. The average molecular weight is 244 g/mol. The molecule has 2 rings (SSSR count). The minimum atomic E-state index is 0.695. The van der Waals surface area contributed by atoms with Gasteiger partial charge in [0.25, 0.3) is 0 Å². The molecule has 3 nitrogen and oxygen atoms in total. The quantitative estimate of drug-likeness (QED) is 0.785. The molecule has 0 aromatic carbocycles. The van der Waals surface area contributed by atoms with Crippen LogP contribution in [0.5, 0.6) is 0 Å². The second-order valence-electron chi connectivity index (χ2n) is 4.84. The van der Waals surface area contributed by atoms with Gasteiger partial charge in [0, 0.05) is 44.1 Å². The Bertz CT molecular complexity index is 191. The summed E-state index contributed by atoms with van der Waals surface area (Å²) in [5, 5.41) is 3.65. The summed E-state index contributed by atoms with van der Waals surface area (Å²) in [5.74, 6) is 2.68. The highest BCUT2D eigenvalue weighted by Gasteiger charge is 2.20. The number of nitrogens with one attached hydrogen (secondary N) is 1. The van der Waals surface area contributed by atoms with E-state index < -0.39 is 0 Å². The molecule has 0 radical (unpaired) electrons. The van der Waals surface area contributed by atoms with Gasteiger partial charge in [-0.15, -0.1) is 0 Å². The molecule has 16 heavy (non-hydrogen) atoms. The van der Waals surface area contributed by atoms with Crippen LogP contribution in [0.2, 0.25) is 0 Å². The minimum Gasteiger partial charge on any atom is -0.381 e. The third kappa shape index (κ3) is 3.91. The van der Waals surface area contributed by atoms with Crippen LogP contribution in [0.3, 0.4) is 0 Å². The average Bonchev–Trinajstić information content (AvgIpc) is 2.84. The van der Waals surface area contributed by atoms with E-state index in [9.17, 15) is 0 Å². The molecule has 0 aromatic heterocycles. The van der Waals surface area contributed by atoms with Gasteiger partial charge in [-0.05, 0) is 32.1 Å². The van der Waals surface area contributed by atoms with Crippen LogP contribution in [0.15, 0.2) is 0 Å². The van der Waals surface area contributed by atoms with E-state index in [0.717, 1.165) is 25.8 Å². The summed E-state index contributed by atoms with van der Waals surface area (Å²) >= 11 is 2.09. The lowest BCUT2D eigenvalue weighted by molar-refractivity contribution is 0.0771. The van der Waals surface area contributed by atoms with Crippen LogP contribution in [-0.4, -0.2) is 61.8 Å². The van der Waals surface area contributed by atoms with Gasteiger partial charge in [0.2, 0.25) is 0 Å². The zero-order valence-electron chi connectivity index (χ0n) is 10.3. The standard InChI is InChI=1S/C12H24N2OS/c1-14(12-4-9-16-10-12)6-5-13-11-2-7-15-8-3-11/h11-13H,2-10H2,1H3. The summed E-state index contributed by atoms with van der Waals surface area (Å²) in [4.78, 5) is 2.52. The van der Waals surface area contributed by atoms with Gasteiger partial charge in [-0.3, -0.25) is 0 Å². The Morgan fingerprint density at radius 1 is 1.31 bits per heavy atom. The van der Waals surface area contributed by atoms with Crippen molar-refractivity contribution in [1.29, 1.82) is 0 Å². The van der Waals surface area contributed by atoms with E-state index >= 15 is 0 Å². The topological polar surface area (TPSA) is 24.5 Å². The van der Waals surface area contributed by atoms with Gasteiger partial charge in [0.1, 0.15) is 0 Å². The number of rotatable bonds is 5. The van der Waals surface area contributed by atoms with Gasteiger partial charge < -0.3 is 15.0 Å². The van der Waals surface area contributed by atoms with Crippen molar-refractivity contribution in [3.63, 3.8) is 0 Å². The molecule has 1 atom stereocenters. The molecule has 0 bridgehead atoms. The van der Waals surface area contributed by atoms with Crippen LogP contribution < -0.4 is 5.32 Å². The molecule has 2 saturated heterocycles. The molecule has 2 fully saturated rings. The van der Waals surface area contributed by atoms with Crippen molar-refractivity contribution in [1.82, 2.24) is 10.2 Å². The van der Waals surface area contributed by atoms with Gasteiger partial charge in [-0.1, -0.05) is 0 Å². The Balaban J connectivity index is 1.56. The molecule has 0 aromatic rings. The molecule has 0 amide bonds. The Morgan fingerprint density at radius 3 is 2.81 bits per heavy atom. The molecule has 0 aliphatic carbocycles. The van der Waals surface area contributed by atoms with Gasteiger partial charge in [0.05, 0.1) is 0 Å². The molecule has 2 heterocycles. The maximum Gasteiger partial charge on any atom is 0.0480 e. The van der Waals surface area contributed by atoms with Crippen LogP contribution in [0.25, 0.3) is 0 Å². The Kier molecular flexibility index (Phi) is 5.42. The number of ether oxygens (including phenoxy) is 1. The van der Waals surface area contributed by atoms with Gasteiger partial charge in [0.15, 0.2) is 0 Å². The molecule has 2 aliphatic rings. The second-order valence-corrected chi connectivity index (χ2v) is 5.99. The molecular weight excluding hydrogens is 220 g/mol. The van der Waals surface area contributed by atoms with Gasteiger partial charge in [-0.2, -0.15) is 11.8 Å².